The van der Waals surface area contributed by atoms with Gasteiger partial charge in [-0.15, -0.1) is 11.3 Å². The third kappa shape index (κ3) is 3.88. The Kier molecular flexibility index (Phi) is 5.32. The summed E-state index contributed by atoms with van der Waals surface area (Å²) < 4.78 is 11.5. The van der Waals surface area contributed by atoms with Gasteiger partial charge in [0, 0.05) is 4.88 Å². The summed E-state index contributed by atoms with van der Waals surface area (Å²) in [7, 11) is 1.63. The lowest BCUT2D eigenvalue weighted by molar-refractivity contribution is 0.0935. The standard InChI is InChI=1S/C25H26N2O3S/c1-15-8-10-18-21(12-15)31-25-22(18)24(28)26-23(27-25)17-9-11-19(20(13-17)29-2)30-14-16-6-4-3-5-7-16/h3-7,9,11,13,15,23,27H,8,10,12,14H2,1-2H3,(H,26,28). The molecule has 1 aliphatic heterocycles. The SMILES string of the molecule is COc1cc(C2NC(=O)c3c(sc4c3CCC(C)C4)N2)ccc1OCc1ccccc1. The van der Waals surface area contributed by atoms with Crippen LogP contribution in [0.1, 0.15) is 51.4 Å². The van der Waals surface area contributed by atoms with Gasteiger partial charge in [-0.25, -0.2) is 0 Å². The zero-order valence-electron chi connectivity index (χ0n) is 17.7. The van der Waals surface area contributed by atoms with Gasteiger partial charge in [0.15, 0.2) is 11.5 Å². The molecule has 0 bridgehead atoms. The maximum absolute atomic E-state index is 13.0. The van der Waals surface area contributed by atoms with Gasteiger partial charge in [0.2, 0.25) is 0 Å². The fraction of sp³-hybridized carbons (Fsp3) is 0.320. The Hall–Kier alpha value is -2.99. The van der Waals surface area contributed by atoms with E-state index in [-0.39, 0.29) is 12.1 Å². The zero-order valence-corrected chi connectivity index (χ0v) is 18.6. The van der Waals surface area contributed by atoms with Crippen LogP contribution in [-0.4, -0.2) is 13.0 Å². The van der Waals surface area contributed by atoms with Crippen molar-refractivity contribution < 1.29 is 14.3 Å². The number of hydrogen-bond donors (Lipinski definition) is 2. The highest BCUT2D eigenvalue weighted by Crippen LogP contribution is 2.43. The van der Waals surface area contributed by atoms with E-state index < -0.39 is 0 Å². The van der Waals surface area contributed by atoms with Crippen LogP contribution in [0.15, 0.2) is 48.5 Å². The highest BCUT2D eigenvalue weighted by Gasteiger charge is 2.33. The van der Waals surface area contributed by atoms with Crippen LogP contribution in [0.3, 0.4) is 0 Å². The van der Waals surface area contributed by atoms with E-state index in [2.05, 4.69) is 17.6 Å². The van der Waals surface area contributed by atoms with Gasteiger partial charge in [-0.05, 0) is 54.0 Å². The molecule has 2 unspecified atom stereocenters. The van der Waals surface area contributed by atoms with Crippen molar-refractivity contribution >= 4 is 22.2 Å². The maximum atomic E-state index is 13.0. The second-order valence-electron chi connectivity index (χ2n) is 8.29. The lowest BCUT2D eigenvalue weighted by Crippen LogP contribution is -2.38. The Labute approximate surface area is 186 Å². The van der Waals surface area contributed by atoms with Crippen molar-refractivity contribution in [3.05, 3.63) is 75.7 Å². The van der Waals surface area contributed by atoms with Crippen molar-refractivity contribution in [2.75, 3.05) is 12.4 Å². The number of hydrogen-bond acceptors (Lipinski definition) is 5. The third-order valence-corrected chi connectivity index (χ3v) is 7.23. The minimum absolute atomic E-state index is 0.00849. The Balaban J connectivity index is 1.36. The number of fused-ring (bicyclic) bond motifs is 3. The quantitative estimate of drug-likeness (QED) is 0.571. The lowest BCUT2D eigenvalue weighted by Gasteiger charge is -2.27. The molecule has 2 N–H and O–H groups in total. The molecule has 2 atom stereocenters. The molecule has 0 spiro atoms. The van der Waals surface area contributed by atoms with Gasteiger partial charge in [0.1, 0.15) is 17.8 Å². The van der Waals surface area contributed by atoms with Crippen LogP contribution in [0.25, 0.3) is 0 Å². The Morgan fingerprint density at radius 1 is 1.10 bits per heavy atom. The molecule has 0 radical (unpaired) electrons. The van der Waals surface area contributed by atoms with Crippen LogP contribution in [0.4, 0.5) is 5.00 Å². The molecule has 2 aromatic carbocycles. The van der Waals surface area contributed by atoms with Crippen molar-refractivity contribution in [1.29, 1.82) is 0 Å². The normalized spacial score (nSPS) is 19.6. The Morgan fingerprint density at radius 2 is 1.94 bits per heavy atom. The van der Waals surface area contributed by atoms with Crippen molar-refractivity contribution in [2.45, 2.75) is 39.0 Å². The fourth-order valence-electron chi connectivity index (χ4n) is 4.35. The summed E-state index contributed by atoms with van der Waals surface area (Å²) in [6.45, 7) is 2.75. The van der Waals surface area contributed by atoms with E-state index >= 15 is 0 Å². The number of benzene rings is 2. The van der Waals surface area contributed by atoms with Crippen LogP contribution >= 0.6 is 11.3 Å². The first kappa shape index (κ1) is 19.9. The molecule has 1 amide bonds. The molecule has 6 heteroatoms. The van der Waals surface area contributed by atoms with Crippen LogP contribution in [0, 0.1) is 5.92 Å². The number of nitrogens with one attached hydrogen (secondary N) is 2. The number of ether oxygens (including phenoxy) is 2. The van der Waals surface area contributed by atoms with Crippen LogP contribution < -0.4 is 20.1 Å². The van der Waals surface area contributed by atoms with Crippen molar-refractivity contribution in [2.24, 2.45) is 5.92 Å². The number of carbonyl (C=O) groups excluding carboxylic acids is 1. The van der Waals surface area contributed by atoms with Gasteiger partial charge >= 0.3 is 0 Å². The molecule has 1 aromatic heterocycles. The molecule has 0 saturated carbocycles. The monoisotopic (exact) mass is 434 g/mol. The summed E-state index contributed by atoms with van der Waals surface area (Å²) in [5.74, 6) is 2.02. The topological polar surface area (TPSA) is 59.6 Å². The summed E-state index contributed by atoms with van der Waals surface area (Å²) in [6, 6.07) is 15.8. The summed E-state index contributed by atoms with van der Waals surface area (Å²) in [6.07, 6.45) is 2.90. The van der Waals surface area contributed by atoms with Crippen LogP contribution in [0.2, 0.25) is 0 Å². The van der Waals surface area contributed by atoms with Gasteiger partial charge in [-0.3, -0.25) is 4.79 Å². The van der Waals surface area contributed by atoms with E-state index in [1.807, 2.05) is 48.5 Å². The highest BCUT2D eigenvalue weighted by molar-refractivity contribution is 7.16. The minimum Gasteiger partial charge on any atom is -0.493 e. The second-order valence-corrected chi connectivity index (χ2v) is 9.40. The average Bonchev–Trinajstić information content (AvgIpc) is 3.16. The molecule has 2 aliphatic rings. The molecule has 160 valence electrons. The molecule has 0 fully saturated rings. The van der Waals surface area contributed by atoms with E-state index in [9.17, 15) is 4.79 Å². The third-order valence-electron chi connectivity index (χ3n) is 6.05. The van der Waals surface area contributed by atoms with Gasteiger partial charge in [0.25, 0.3) is 5.91 Å². The van der Waals surface area contributed by atoms with Crippen molar-refractivity contribution in [1.82, 2.24) is 5.32 Å². The fourth-order valence-corrected chi connectivity index (χ4v) is 5.78. The first-order chi connectivity index (χ1) is 15.1. The first-order valence-electron chi connectivity index (χ1n) is 10.7. The smallest absolute Gasteiger partial charge is 0.256 e. The predicted octanol–water partition coefficient (Wildman–Crippen LogP) is 5.31. The number of carbonyl (C=O) groups is 1. The van der Waals surface area contributed by atoms with Crippen molar-refractivity contribution in [3.63, 3.8) is 0 Å². The van der Waals surface area contributed by atoms with E-state index in [4.69, 9.17) is 9.47 Å². The largest absolute Gasteiger partial charge is 0.493 e. The van der Waals surface area contributed by atoms with Crippen LogP contribution in [-0.2, 0) is 19.4 Å². The molecule has 31 heavy (non-hydrogen) atoms. The zero-order chi connectivity index (χ0) is 21.4. The maximum Gasteiger partial charge on any atom is 0.256 e. The number of methoxy groups -OCH3 is 1. The molecule has 5 nitrogen and oxygen atoms in total. The summed E-state index contributed by atoms with van der Waals surface area (Å²) in [4.78, 5) is 14.3. The molecule has 1 aliphatic carbocycles. The summed E-state index contributed by atoms with van der Waals surface area (Å²) in [5.41, 5.74) is 4.11. The van der Waals surface area contributed by atoms with Gasteiger partial charge in [-0.2, -0.15) is 0 Å². The number of thiophene rings is 1. The van der Waals surface area contributed by atoms with E-state index in [0.717, 1.165) is 41.0 Å². The van der Waals surface area contributed by atoms with Gasteiger partial charge in [-0.1, -0.05) is 43.3 Å². The van der Waals surface area contributed by atoms with E-state index in [0.29, 0.717) is 24.0 Å². The summed E-state index contributed by atoms with van der Waals surface area (Å²) in [5, 5.41) is 7.64. The molecular formula is C25H26N2O3S. The molecule has 2 heterocycles. The van der Waals surface area contributed by atoms with Gasteiger partial charge < -0.3 is 20.1 Å². The molecule has 0 saturated heterocycles. The summed E-state index contributed by atoms with van der Waals surface area (Å²) >= 11 is 1.73. The first-order valence-corrected chi connectivity index (χ1v) is 11.5. The van der Waals surface area contributed by atoms with Crippen LogP contribution in [0.5, 0.6) is 11.5 Å². The number of anilines is 1. The van der Waals surface area contributed by atoms with E-state index in [1.54, 1.807) is 18.4 Å². The molecular weight excluding hydrogens is 408 g/mol. The molecule has 5 rings (SSSR count). The Bertz CT molecular complexity index is 1110. The van der Waals surface area contributed by atoms with Gasteiger partial charge in [0.05, 0.1) is 12.7 Å². The van der Waals surface area contributed by atoms with E-state index in [1.165, 1.54) is 10.4 Å². The van der Waals surface area contributed by atoms with Crippen molar-refractivity contribution in [3.8, 4) is 11.5 Å². The molecule has 3 aromatic rings. The average molecular weight is 435 g/mol. The second kappa shape index (κ2) is 8.27. The lowest BCUT2D eigenvalue weighted by atomic mass is 9.88. The predicted molar refractivity (Wildman–Crippen MR) is 123 cm³/mol. The number of rotatable bonds is 5. The number of amides is 1. The highest BCUT2D eigenvalue weighted by atomic mass is 32.1. The Morgan fingerprint density at radius 3 is 2.74 bits per heavy atom. The minimum atomic E-state index is -0.297.